The highest BCUT2D eigenvalue weighted by atomic mass is 16.5. The molecule has 0 aromatic carbocycles. The fourth-order valence-electron chi connectivity index (χ4n) is 5.24. The standard InChI is InChI=1S/C26H29N9O3/c1-17-21(9-20(11-27-17)29-23(36)14-34-7-5-26(15-34)6-8-38-16-26)30-25(37)24-22-4-3-18(13-35(22)32-31-24)19-10-28-33(2)12-19/h3-4,9-13H,5-8,14-16H2,1-2H3,(H,29,36)(H,30,37). The average molecular weight is 516 g/mol. The van der Waals surface area contributed by atoms with Gasteiger partial charge in [0.1, 0.15) is 0 Å². The number of rotatable bonds is 6. The topological polar surface area (TPSA) is 132 Å². The lowest BCUT2D eigenvalue weighted by atomic mass is 9.87. The number of nitrogens with zero attached hydrogens (tertiary/aromatic N) is 7. The summed E-state index contributed by atoms with van der Waals surface area (Å²) in [6.07, 6.45) is 9.18. The van der Waals surface area contributed by atoms with E-state index in [1.807, 2.05) is 19.3 Å². The van der Waals surface area contributed by atoms with Gasteiger partial charge in [-0.3, -0.25) is 24.2 Å². The smallest absolute Gasteiger partial charge is 0.278 e. The van der Waals surface area contributed by atoms with Crippen molar-refractivity contribution in [1.82, 2.24) is 34.5 Å². The van der Waals surface area contributed by atoms with Crippen molar-refractivity contribution in [3.05, 3.63) is 54.4 Å². The highest BCUT2D eigenvalue weighted by Gasteiger charge is 2.41. The lowest BCUT2D eigenvalue weighted by molar-refractivity contribution is -0.117. The van der Waals surface area contributed by atoms with Gasteiger partial charge in [-0.15, -0.1) is 5.10 Å². The molecule has 4 aromatic rings. The molecule has 0 saturated carbocycles. The minimum absolute atomic E-state index is 0.113. The van der Waals surface area contributed by atoms with Gasteiger partial charge in [0, 0.05) is 49.1 Å². The Balaban J connectivity index is 1.12. The Hall–Kier alpha value is -4.16. The number of carbonyl (C=O) groups is 2. The second kappa shape index (κ2) is 9.62. The first-order valence-corrected chi connectivity index (χ1v) is 12.6. The maximum absolute atomic E-state index is 13.1. The minimum atomic E-state index is -0.413. The monoisotopic (exact) mass is 515 g/mol. The van der Waals surface area contributed by atoms with Crippen LogP contribution in [0.25, 0.3) is 16.6 Å². The van der Waals surface area contributed by atoms with Gasteiger partial charge < -0.3 is 15.4 Å². The molecule has 12 heteroatoms. The minimum Gasteiger partial charge on any atom is -0.381 e. The summed E-state index contributed by atoms with van der Waals surface area (Å²) in [5, 5.41) is 18.2. The van der Waals surface area contributed by atoms with Gasteiger partial charge in [0.2, 0.25) is 5.91 Å². The van der Waals surface area contributed by atoms with Crippen molar-refractivity contribution in [3.8, 4) is 11.1 Å². The van der Waals surface area contributed by atoms with E-state index in [4.69, 9.17) is 4.74 Å². The molecule has 0 bridgehead atoms. The number of carbonyl (C=O) groups excluding carboxylic acids is 2. The molecule has 2 aliphatic rings. The summed E-state index contributed by atoms with van der Waals surface area (Å²) in [5.41, 5.74) is 4.44. The van der Waals surface area contributed by atoms with Crippen LogP contribution >= 0.6 is 0 Å². The summed E-state index contributed by atoms with van der Waals surface area (Å²) in [6.45, 7) is 5.46. The molecule has 2 amide bonds. The molecule has 4 aromatic heterocycles. The number of hydrogen-bond donors (Lipinski definition) is 2. The normalized spacial score (nSPS) is 19.4. The third-order valence-corrected chi connectivity index (χ3v) is 7.35. The molecular weight excluding hydrogens is 486 g/mol. The Morgan fingerprint density at radius 2 is 2.03 bits per heavy atom. The van der Waals surface area contributed by atoms with E-state index < -0.39 is 5.91 Å². The molecule has 38 heavy (non-hydrogen) atoms. The maximum Gasteiger partial charge on any atom is 0.278 e. The van der Waals surface area contributed by atoms with E-state index in [0.717, 1.165) is 50.3 Å². The molecule has 6 rings (SSSR count). The van der Waals surface area contributed by atoms with E-state index in [1.54, 1.807) is 46.8 Å². The number of likely N-dealkylation sites (tertiary alicyclic amines) is 1. The van der Waals surface area contributed by atoms with Gasteiger partial charge >= 0.3 is 0 Å². The molecule has 0 aliphatic carbocycles. The van der Waals surface area contributed by atoms with Gasteiger partial charge in [0.25, 0.3) is 5.91 Å². The Morgan fingerprint density at radius 1 is 1.13 bits per heavy atom. The van der Waals surface area contributed by atoms with E-state index in [9.17, 15) is 9.59 Å². The van der Waals surface area contributed by atoms with Crippen molar-refractivity contribution in [1.29, 1.82) is 0 Å². The number of aryl methyl sites for hydroxylation is 2. The van der Waals surface area contributed by atoms with Gasteiger partial charge in [0.05, 0.1) is 48.1 Å². The van der Waals surface area contributed by atoms with E-state index in [0.29, 0.717) is 29.1 Å². The third kappa shape index (κ3) is 4.75. The van der Waals surface area contributed by atoms with Crippen molar-refractivity contribution >= 4 is 28.7 Å². The van der Waals surface area contributed by atoms with Crippen LogP contribution in [0.5, 0.6) is 0 Å². The number of fused-ring (bicyclic) bond motifs is 1. The van der Waals surface area contributed by atoms with Crippen LogP contribution in [0, 0.1) is 12.3 Å². The lowest BCUT2D eigenvalue weighted by Crippen LogP contribution is -2.34. The lowest BCUT2D eigenvalue weighted by Gasteiger charge is -2.21. The summed E-state index contributed by atoms with van der Waals surface area (Å²) >= 11 is 0. The summed E-state index contributed by atoms with van der Waals surface area (Å²) in [7, 11) is 1.85. The molecule has 2 N–H and O–H groups in total. The summed E-state index contributed by atoms with van der Waals surface area (Å²) in [6, 6.07) is 5.41. The fraction of sp³-hybridized carbons (Fsp3) is 0.385. The predicted octanol–water partition coefficient (Wildman–Crippen LogP) is 2.14. The summed E-state index contributed by atoms with van der Waals surface area (Å²) in [4.78, 5) is 32.4. The van der Waals surface area contributed by atoms with Crippen LogP contribution in [0.2, 0.25) is 0 Å². The van der Waals surface area contributed by atoms with Crippen LogP contribution in [-0.2, 0) is 16.6 Å². The first-order chi connectivity index (χ1) is 18.4. The number of ether oxygens (including phenoxy) is 1. The molecule has 6 heterocycles. The van der Waals surface area contributed by atoms with Gasteiger partial charge in [-0.2, -0.15) is 5.10 Å². The summed E-state index contributed by atoms with van der Waals surface area (Å²) < 4.78 is 8.87. The Bertz CT molecular complexity index is 1520. The van der Waals surface area contributed by atoms with Gasteiger partial charge in [-0.05, 0) is 38.4 Å². The Labute approximate surface area is 219 Å². The van der Waals surface area contributed by atoms with Gasteiger partial charge in [-0.25, -0.2) is 4.52 Å². The van der Waals surface area contributed by atoms with Gasteiger partial charge in [0.15, 0.2) is 5.69 Å². The first kappa shape index (κ1) is 24.2. The SMILES string of the molecule is Cc1ncc(NC(=O)CN2CCC3(CCOC3)C2)cc1NC(=O)c1nnn2cc(-c3cnn(C)c3)ccc12. The van der Waals surface area contributed by atoms with E-state index in [1.165, 1.54) is 0 Å². The quantitative estimate of drug-likeness (QED) is 0.399. The zero-order valence-electron chi connectivity index (χ0n) is 21.3. The van der Waals surface area contributed by atoms with Crippen molar-refractivity contribution in [3.63, 3.8) is 0 Å². The third-order valence-electron chi connectivity index (χ3n) is 7.35. The molecule has 1 unspecified atom stereocenters. The highest BCUT2D eigenvalue weighted by Crippen LogP contribution is 2.38. The number of pyridine rings is 2. The van der Waals surface area contributed by atoms with E-state index in [-0.39, 0.29) is 17.0 Å². The van der Waals surface area contributed by atoms with Crippen LogP contribution in [0.15, 0.2) is 43.0 Å². The van der Waals surface area contributed by atoms with Crippen LogP contribution in [-0.4, -0.2) is 79.2 Å². The van der Waals surface area contributed by atoms with Crippen molar-refractivity contribution in [2.24, 2.45) is 12.5 Å². The molecule has 2 saturated heterocycles. The number of hydrogen-bond acceptors (Lipinski definition) is 8. The summed E-state index contributed by atoms with van der Waals surface area (Å²) in [5.74, 6) is -0.527. The van der Waals surface area contributed by atoms with Crippen molar-refractivity contribution < 1.29 is 14.3 Å². The molecule has 2 aliphatic heterocycles. The first-order valence-electron chi connectivity index (χ1n) is 12.6. The number of anilines is 2. The molecule has 2 fully saturated rings. The predicted molar refractivity (Wildman–Crippen MR) is 140 cm³/mol. The largest absolute Gasteiger partial charge is 0.381 e. The van der Waals surface area contributed by atoms with E-state index >= 15 is 0 Å². The fourth-order valence-corrected chi connectivity index (χ4v) is 5.24. The molecule has 1 atom stereocenters. The molecule has 12 nitrogen and oxygen atoms in total. The molecule has 0 radical (unpaired) electrons. The van der Waals surface area contributed by atoms with E-state index in [2.05, 4.69) is 35.9 Å². The second-order valence-corrected chi connectivity index (χ2v) is 10.2. The molecule has 196 valence electrons. The van der Waals surface area contributed by atoms with Gasteiger partial charge in [-0.1, -0.05) is 11.3 Å². The Kier molecular flexibility index (Phi) is 6.12. The van der Waals surface area contributed by atoms with Crippen molar-refractivity contribution in [2.75, 3.05) is 43.5 Å². The highest BCUT2D eigenvalue weighted by molar-refractivity contribution is 6.08. The number of aromatic nitrogens is 6. The van der Waals surface area contributed by atoms with Crippen LogP contribution < -0.4 is 10.6 Å². The van der Waals surface area contributed by atoms with Crippen LogP contribution in [0.3, 0.4) is 0 Å². The van der Waals surface area contributed by atoms with Crippen molar-refractivity contribution in [2.45, 2.75) is 19.8 Å². The molecular formula is C26H29N9O3. The second-order valence-electron chi connectivity index (χ2n) is 10.2. The average Bonchev–Trinajstić information content (AvgIpc) is 3.69. The zero-order chi connectivity index (χ0) is 26.3. The number of nitrogens with one attached hydrogen (secondary N) is 2. The Morgan fingerprint density at radius 3 is 2.82 bits per heavy atom. The number of amides is 2. The van der Waals surface area contributed by atoms with Crippen LogP contribution in [0.4, 0.5) is 11.4 Å². The zero-order valence-corrected chi connectivity index (χ0v) is 21.3. The molecule has 1 spiro atoms. The maximum atomic E-state index is 13.1. The van der Waals surface area contributed by atoms with Crippen LogP contribution in [0.1, 0.15) is 29.0 Å².